The molecule has 1 atom stereocenters. The molecule has 3 rings (SSSR count). The van der Waals surface area contributed by atoms with Gasteiger partial charge in [0, 0.05) is 22.8 Å². The summed E-state index contributed by atoms with van der Waals surface area (Å²) in [5.74, 6) is 0.722. The monoisotopic (exact) mass is 394 g/mol. The first-order valence-electron chi connectivity index (χ1n) is 10.1. The SMILES string of the molecule is CC(C)=CCc1cc([C@@H]2CCc3ccc(O)cc3O2)c(CC=C(C)C)c(O)c1O. The van der Waals surface area contributed by atoms with Crippen molar-refractivity contribution in [2.75, 3.05) is 0 Å². The van der Waals surface area contributed by atoms with Gasteiger partial charge in [-0.3, -0.25) is 0 Å². The third kappa shape index (κ3) is 4.76. The lowest BCUT2D eigenvalue weighted by molar-refractivity contribution is 0.174. The van der Waals surface area contributed by atoms with Crippen molar-refractivity contribution >= 4 is 0 Å². The van der Waals surface area contributed by atoms with E-state index >= 15 is 0 Å². The molecule has 3 N–H and O–H groups in total. The Bertz CT molecular complexity index is 961. The number of hydrogen-bond donors (Lipinski definition) is 3. The first kappa shape index (κ1) is 20.8. The van der Waals surface area contributed by atoms with Crippen LogP contribution in [0.3, 0.4) is 0 Å². The van der Waals surface area contributed by atoms with Crippen LogP contribution < -0.4 is 4.74 Å². The molecular formula is C25H30O4. The molecule has 0 saturated carbocycles. The van der Waals surface area contributed by atoms with E-state index in [9.17, 15) is 15.3 Å². The van der Waals surface area contributed by atoms with Crippen molar-refractivity contribution in [2.24, 2.45) is 0 Å². The zero-order valence-electron chi connectivity index (χ0n) is 17.6. The van der Waals surface area contributed by atoms with Crippen LogP contribution in [0.25, 0.3) is 0 Å². The van der Waals surface area contributed by atoms with E-state index in [1.807, 2.05) is 52.0 Å². The van der Waals surface area contributed by atoms with Crippen LogP contribution in [0.1, 0.15) is 62.5 Å². The number of aryl methyl sites for hydroxylation is 1. The van der Waals surface area contributed by atoms with Gasteiger partial charge in [-0.05, 0) is 71.1 Å². The second-order valence-electron chi connectivity index (χ2n) is 8.21. The molecule has 0 unspecified atom stereocenters. The minimum atomic E-state index is -0.248. The zero-order valence-corrected chi connectivity index (χ0v) is 17.6. The molecule has 0 aromatic heterocycles. The first-order chi connectivity index (χ1) is 13.8. The fraction of sp³-hybridized carbons (Fsp3) is 0.360. The highest BCUT2D eigenvalue weighted by Gasteiger charge is 2.27. The van der Waals surface area contributed by atoms with Crippen molar-refractivity contribution in [3.63, 3.8) is 0 Å². The van der Waals surface area contributed by atoms with Crippen LogP contribution in [0, 0.1) is 0 Å². The Labute approximate surface area is 172 Å². The van der Waals surface area contributed by atoms with Gasteiger partial charge in [-0.2, -0.15) is 0 Å². The number of benzene rings is 2. The van der Waals surface area contributed by atoms with Crippen LogP contribution in [0.5, 0.6) is 23.0 Å². The fourth-order valence-corrected chi connectivity index (χ4v) is 3.63. The molecule has 2 aromatic carbocycles. The third-order valence-corrected chi connectivity index (χ3v) is 5.28. The number of aromatic hydroxyl groups is 3. The molecule has 1 aliphatic rings. The van der Waals surface area contributed by atoms with E-state index in [1.165, 1.54) is 0 Å². The summed E-state index contributed by atoms with van der Waals surface area (Å²) in [6.45, 7) is 8.04. The first-order valence-corrected chi connectivity index (χ1v) is 10.1. The molecule has 0 radical (unpaired) electrons. The average molecular weight is 395 g/mol. The van der Waals surface area contributed by atoms with Crippen molar-refractivity contribution in [3.8, 4) is 23.0 Å². The number of phenols is 3. The van der Waals surface area contributed by atoms with E-state index in [-0.39, 0.29) is 23.4 Å². The Morgan fingerprint density at radius 1 is 0.966 bits per heavy atom. The minimum absolute atomic E-state index is 0.0581. The lowest BCUT2D eigenvalue weighted by atomic mass is 9.89. The number of allylic oxidation sites excluding steroid dienone is 4. The highest BCUT2D eigenvalue weighted by Crippen LogP contribution is 2.43. The maximum absolute atomic E-state index is 10.8. The largest absolute Gasteiger partial charge is 0.508 e. The normalized spacial score (nSPS) is 15.2. The van der Waals surface area contributed by atoms with Crippen molar-refractivity contribution in [1.82, 2.24) is 0 Å². The number of ether oxygens (including phenoxy) is 1. The molecule has 2 aromatic rings. The van der Waals surface area contributed by atoms with Gasteiger partial charge in [-0.25, -0.2) is 0 Å². The minimum Gasteiger partial charge on any atom is -0.508 e. The van der Waals surface area contributed by atoms with E-state index in [1.54, 1.807) is 12.1 Å². The highest BCUT2D eigenvalue weighted by atomic mass is 16.5. The highest BCUT2D eigenvalue weighted by molar-refractivity contribution is 5.56. The average Bonchev–Trinajstić information content (AvgIpc) is 2.67. The Morgan fingerprint density at radius 3 is 2.34 bits per heavy atom. The Morgan fingerprint density at radius 2 is 1.66 bits per heavy atom. The van der Waals surface area contributed by atoms with Gasteiger partial charge < -0.3 is 20.1 Å². The number of rotatable bonds is 5. The topological polar surface area (TPSA) is 69.9 Å². The van der Waals surface area contributed by atoms with Gasteiger partial charge in [-0.1, -0.05) is 29.4 Å². The van der Waals surface area contributed by atoms with Gasteiger partial charge in [0.1, 0.15) is 17.6 Å². The summed E-state index contributed by atoms with van der Waals surface area (Å²) >= 11 is 0. The van der Waals surface area contributed by atoms with Crippen LogP contribution >= 0.6 is 0 Å². The van der Waals surface area contributed by atoms with Crippen molar-refractivity contribution in [2.45, 2.75) is 59.5 Å². The Kier molecular flexibility index (Phi) is 6.21. The fourth-order valence-electron chi connectivity index (χ4n) is 3.63. The maximum Gasteiger partial charge on any atom is 0.161 e. The van der Waals surface area contributed by atoms with Gasteiger partial charge in [0.15, 0.2) is 11.5 Å². The van der Waals surface area contributed by atoms with Gasteiger partial charge in [-0.15, -0.1) is 0 Å². The van der Waals surface area contributed by atoms with Crippen LogP contribution in [0.4, 0.5) is 0 Å². The zero-order chi connectivity index (χ0) is 21.1. The summed E-state index contributed by atoms with van der Waals surface area (Å²) < 4.78 is 6.23. The molecule has 0 saturated heterocycles. The van der Waals surface area contributed by atoms with Crippen LogP contribution in [-0.2, 0) is 19.3 Å². The van der Waals surface area contributed by atoms with Crippen molar-refractivity contribution in [3.05, 3.63) is 69.8 Å². The molecular weight excluding hydrogens is 364 g/mol. The summed E-state index contributed by atoms with van der Waals surface area (Å²) in [6, 6.07) is 7.16. The summed E-state index contributed by atoms with van der Waals surface area (Å²) in [4.78, 5) is 0. The molecule has 0 aliphatic carbocycles. The summed E-state index contributed by atoms with van der Waals surface area (Å²) in [5.41, 5.74) is 5.63. The summed E-state index contributed by atoms with van der Waals surface area (Å²) in [6.07, 6.45) is 6.48. The standard InChI is InChI=1S/C25H30O4/c1-15(2)5-7-18-13-21(20(11-6-16(3)4)25(28)24(18)27)22-12-9-17-8-10-19(26)14-23(17)29-22/h5-6,8,10,13-14,22,26-28H,7,9,11-12H2,1-4H3/t22-/m0/s1. The summed E-state index contributed by atoms with van der Waals surface area (Å²) in [7, 11) is 0. The second-order valence-corrected chi connectivity index (χ2v) is 8.21. The molecule has 154 valence electrons. The molecule has 0 amide bonds. The van der Waals surface area contributed by atoms with Crippen molar-refractivity contribution < 1.29 is 20.1 Å². The maximum atomic E-state index is 10.8. The number of phenolic OH excluding ortho intramolecular Hbond substituents is 3. The molecule has 4 heteroatoms. The Hall–Kier alpha value is -2.88. The molecule has 4 nitrogen and oxygen atoms in total. The number of hydrogen-bond acceptors (Lipinski definition) is 4. The predicted octanol–water partition coefficient (Wildman–Crippen LogP) is 5.89. The molecule has 1 aliphatic heterocycles. The molecule has 1 heterocycles. The lowest BCUT2D eigenvalue weighted by Crippen LogP contribution is -2.17. The predicted molar refractivity (Wildman–Crippen MR) is 116 cm³/mol. The van der Waals surface area contributed by atoms with E-state index in [0.717, 1.165) is 35.1 Å². The Balaban J connectivity index is 2.07. The van der Waals surface area contributed by atoms with Crippen LogP contribution in [0.2, 0.25) is 0 Å². The molecule has 29 heavy (non-hydrogen) atoms. The van der Waals surface area contributed by atoms with Crippen molar-refractivity contribution in [1.29, 1.82) is 0 Å². The van der Waals surface area contributed by atoms with E-state index in [4.69, 9.17) is 4.74 Å². The lowest BCUT2D eigenvalue weighted by Gasteiger charge is -2.29. The van der Waals surface area contributed by atoms with E-state index < -0.39 is 0 Å². The third-order valence-electron chi connectivity index (χ3n) is 5.28. The number of fused-ring (bicyclic) bond motifs is 1. The second kappa shape index (κ2) is 8.64. The molecule has 0 bridgehead atoms. The molecule has 0 spiro atoms. The molecule has 0 fully saturated rings. The van der Waals surface area contributed by atoms with Crippen LogP contribution in [-0.4, -0.2) is 15.3 Å². The van der Waals surface area contributed by atoms with Gasteiger partial charge in [0.05, 0.1) is 0 Å². The van der Waals surface area contributed by atoms with Gasteiger partial charge >= 0.3 is 0 Å². The van der Waals surface area contributed by atoms with E-state index in [0.29, 0.717) is 29.7 Å². The van der Waals surface area contributed by atoms with Gasteiger partial charge in [0.2, 0.25) is 0 Å². The van der Waals surface area contributed by atoms with Gasteiger partial charge in [0.25, 0.3) is 0 Å². The van der Waals surface area contributed by atoms with E-state index in [2.05, 4.69) is 0 Å². The summed E-state index contributed by atoms with van der Waals surface area (Å²) in [5, 5.41) is 31.2. The quantitative estimate of drug-likeness (QED) is 0.437. The smallest absolute Gasteiger partial charge is 0.161 e. The van der Waals surface area contributed by atoms with Crippen LogP contribution in [0.15, 0.2) is 47.6 Å².